The van der Waals surface area contributed by atoms with E-state index in [1.165, 1.54) is 0 Å². The predicted molar refractivity (Wildman–Crippen MR) is 93.9 cm³/mol. The van der Waals surface area contributed by atoms with Crippen molar-refractivity contribution in [2.75, 3.05) is 5.32 Å². The van der Waals surface area contributed by atoms with E-state index in [4.69, 9.17) is 16.3 Å². The van der Waals surface area contributed by atoms with Gasteiger partial charge in [0.05, 0.1) is 18.0 Å². The maximum atomic E-state index is 9.35. The number of benzene rings is 1. The van der Waals surface area contributed by atoms with Crippen molar-refractivity contribution in [2.45, 2.75) is 25.0 Å². The number of aliphatic hydroxyl groups excluding tert-OH is 1. The van der Waals surface area contributed by atoms with Gasteiger partial charge in [0.15, 0.2) is 0 Å². The minimum Gasteiger partial charge on any atom is -0.490 e. The van der Waals surface area contributed by atoms with Gasteiger partial charge in [-0.15, -0.1) is 0 Å². The third kappa shape index (κ3) is 3.13. The molecule has 2 N–H and O–H groups in total. The third-order valence-corrected chi connectivity index (χ3v) is 4.32. The number of nitrogens with one attached hydrogen (secondary N) is 1. The van der Waals surface area contributed by atoms with Gasteiger partial charge in [-0.05, 0) is 41.8 Å². The molecule has 0 amide bonds. The Hall–Kier alpha value is -2.37. The Bertz CT molecular complexity index is 864. The summed E-state index contributed by atoms with van der Waals surface area (Å²) in [5.74, 6) is 1.56. The second-order valence-corrected chi connectivity index (χ2v) is 6.29. The van der Waals surface area contributed by atoms with Gasteiger partial charge in [0, 0.05) is 24.4 Å². The highest BCUT2D eigenvalue weighted by molar-refractivity contribution is 6.29. The quantitative estimate of drug-likeness (QED) is 0.704. The van der Waals surface area contributed by atoms with Gasteiger partial charge in [0.2, 0.25) is 0 Å². The topological polar surface area (TPSA) is 67.3 Å². The molecule has 0 unspecified atom stereocenters. The summed E-state index contributed by atoms with van der Waals surface area (Å²) in [6.45, 7) is 0. The number of hydrogen-bond donors (Lipinski definition) is 2. The van der Waals surface area contributed by atoms with Crippen LogP contribution < -0.4 is 10.1 Å². The third-order valence-electron chi connectivity index (χ3n) is 4.10. The maximum Gasteiger partial charge on any atom is 0.138 e. The van der Waals surface area contributed by atoms with Crippen LogP contribution in [0, 0.1) is 0 Å². The zero-order valence-electron chi connectivity index (χ0n) is 12.8. The molecule has 0 aliphatic heterocycles. The Labute approximate surface area is 144 Å². The van der Waals surface area contributed by atoms with Crippen molar-refractivity contribution < 1.29 is 9.84 Å². The molecule has 122 valence electrons. The smallest absolute Gasteiger partial charge is 0.138 e. The number of fused-ring (bicyclic) bond motifs is 1. The zero-order chi connectivity index (χ0) is 16.5. The summed E-state index contributed by atoms with van der Waals surface area (Å²) in [6.07, 6.45) is 4.71. The van der Waals surface area contributed by atoms with Crippen molar-refractivity contribution in [3.05, 3.63) is 53.9 Å². The van der Waals surface area contributed by atoms with Crippen molar-refractivity contribution in [3.63, 3.8) is 0 Å². The number of halogens is 1. The molecule has 0 saturated heterocycles. The first kappa shape index (κ1) is 15.2. The SMILES string of the molecule is OC1CC(Oc2ccc3c(Nc4ccc(Cl)nc4)nccc3c2)C1. The summed E-state index contributed by atoms with van der Waals surface area (Å²) >= 11 is 5.81. The zero-order valence-corrected chi connectivity index (χ0v) is 13.6. The lowest BCUT2D eigenvalue weighted by Gasteiger charge is -2.31. The molecule has 1 fully saturated rings. The molecule has 3 aromatic rings. The van der Waals surface area contributed by atoms with Crippen molar-refractivity contribution >= 4 is 33.9 Å². The first-order valence-electron chi connectivity index (χ1n) is 7.79. The Morgan fingerprint density at radius 3 is 2.75 bits per heavy atom. The Morgan fingerprint density at radius 1 is 1.12 bits per heavy atom. The molecular formula is C18H16ClN3O2. The van der Waals surface area contributed by atoms with Crippen molar-refractivity contribution in [1.82, 2.24) is 9.97 Å². The fourth-order valence-corrected chi connectivity index (χ4v) is 2.85. The van der Waals surface area contributed by atoms with Gasteiger partial charge in [-0.25, -0.2) is 9.97 Å². The second-order valence-electron chi connectivity index (χ2n) is 5.90. The van der Waals surface area contributed by atoms with Crippen molar-refractivity contribution in [3.8, 4) is 5.75 Å². The van der Waals surface area contributed by atoms with E-state index < -0.39 is 0 Å². The Balaban J connectivity index is 1.59. The number of nitrogens with zero attached hydrogens (tertiary/aromatic N) is 2. The van der Waals surface area contributed by atoms with Crippen LogP contribution >= 0.6 is 11.6 Å². The highest BCUT2D eigenvalue weighted by atomic mass is 35.5. The number of pyridine rings is 2. The molecule has 1 aliphatic rings. The standard InChI is InChI=1S/C18H16ClN3O2/c19-17-4-1-12(10-21-17)22-18-16-3-2-14(7-11(16)5-6-20-18)24-15-8-13(23)9-15/h1-7,10,13,15,23H,8-9H2,(H,20,22). The van der Waals surface area contributed by atoms with Crippen LogP contribution in [0.4, 0.5) is 11.5 Å². The Kier molecular flexibility index (Phi) is 3.96. The van der Waals surface area contributed by atoms with E-state index in [9.17, 15) is 5.11 Å². The van der Waals surface area contributed by atoms with Gasteiger partial charge in [-0.3, -0.25) is 0 Å². The normalized spacial score (nSPS) is 19.8. The van der Waals surface area contributed by atoms with Crippen LogP contribution in [0.25, 0.3) is 10.8 Å². The monoisotopic (exact) mass is 341 g/mol. The van der Waals surface area contributed by atoms with Crippen LogP contribution in [0.1, 0.15) is 12.8 Å². The van der Waals surface area contributed by atoms with E-state index in [-0.39, 0.29) is 12.2 Å². The van der Waals surface area contributed by atoms with E-state index in [1.807, 2.05) is 30.3 Å². The minimum atomic E-state index is -0.219. The molecule has 0 radical (unpaired) electrons. The summed E-state index contributed by atoms with van der Waals surface area (Å²) in [4.78, 5) is 8.47. The summed E-state index contributed by atoms with van der Waals surface area (Å²) in [7, 11) is 0. The summed E-state index contributed by atoms with van der Waals surface area (Å²) in [6, 6.07) is 11.4. The first-order valence-corrected chi connectivity index (χ1v) is 8.17. The van der Waals surface area contributed by atoms with Gasteiger partial charge in [-0.1, -0.05) is 11.6 Å². The number of aromatic nitrogens is 2. The van der Waals surface area contributed by atoms with Gasteiger partial charge in [0.1, 0.15) is 22.8 Å². The lowest BCUT2D eigenvalue weighted by Crippen LogP contribution is -2.37. The van der Waals surface area contributed by atoms with Crippen LogP contribution in [0.2, 0.25) is 5.15 Å². The molecule has 5 nitrogen and oxygen atoms in total. The van der Waals surface area contributed by atoms with Gasteiger partial charge < -0.3 is 15.2 Å². The number of hydrogen-bond acceptors (Lipinski definition) is 5. The highest BCUT2D eigenvalue weighted by Gasteiger charge is 2.28. The molecule has 0 bridgehead atoms. The number of ether oxygens (including phenoxy) is 1. The van der Waals surface area contributed by atoms with Gasteiger partial charge in [0.25, 0.3) is 0 Å². The van der Waals surface area contributed by atoms with Gasteiger partial charge in [-0.2, -0.15) is 0 Å². The molecule has 1 aliphatic carbocycles. The summed E-state index contributed by atoms with van der Waals surface area (Å²) < 4.78 is 5.87. The average Bonchev–Trinajstić information content (AvgIpc) is 2.56. The lowest BCUT2D eigenvalue weighted by molar-refractivity contribution is -0.0107. The minimum absolute atomic E-state index is 0.108. The number of rotatable bonds is 4. The fourth-order valence-electron chi connectivity index (χ4n) is 2.74. The van der Waals surface area contributed by atoms with Crippen LogP contribution in [-0.4, -0.2) is 27.3 Å². The summed E-state index contributed by atoms with van der Waals surface area (Å²) in [5, 5.41) is 15.1. The van der Waals surface area contributed by atoms with Crippen molar-refractivity contribution in [1.29, 1.82) is 0 Å². The van der Waals surface area contributed by atoms with Crippen LogP contribution in [-0.2, 0) is 0 Å². The van der Waals surface area contributed by atoms with E-state index in [0.29, 0.717) is 18.0 Å². The average molecular weight is 342 g/mol. The Morgan fingerprint density at radius 2 is 2.00 bits per heavy atom. The fraction of sp³-hybridized carbons (Fsp3) is 0.222. The maximum absolute atomic E-state index is 9.35. The second kappa shape index (κ2) is 6.26. The van der Waals surface area contributed by atoms with Crippen molar-refractivity contribution in [2.24, 2.45) is 0 Å². The van der Waals surface area contributed by atoms with E-state index in [1.54, 1.807) is 18.5 Å². The largest absolute Gasteiger partial charge is 0.490 e. The molecule has 2 heterocycles. The van der Waals surface area contributed by atoms with Crippen LogP contribution in [0.3, 0.4) is 0 Å². The molecule has 4 rings (SSSR count). The van der Waals surface area contributed by atoms with Crippen LogP contribution in [0.15, 0.2) is 48.8 Å². The molecule has 0 atom stereocenters. The molecule has 1 aromatic carbocycles. The molecule has 1 saturated carbocycles. The molecule has 24 heavy (non-hydrogen) atoms. The molecule has 2 aromatic heterocycles. The van der Waals surface area contributed by atoms with E-state index in [2.05, 4.69) is 15.3 Å². The molecule has 6 heteroatoms. The lowest BCUT2D eigenvalue weighted by atomic mass is 9.92. The van der Waals surface area contributed by atoms with E-state index in [0.717, 1.165) is 28.0 Å². The van der Waals surface area contributed by atoms with E-state index >= 15 is 0 Å². The number of aliphatic hydroxyl groups is 1. The molecule has 0 spiro atoms. The van der Waals surface area contributed by atoms with Crippen LogP contribution in [0.5, 0.6) is 5.75 Å². The predicted octanol–water partition coefficient (Wildman–Crippen LogP) is 3.93. The number of anilines is 2. The summed E-state index contributed by atoms with van der Waals surface area (Å²) in [5.41, 5.74) is 0.822. The van der Waals surface area contributed by atoms with Gasteiger partial charge >= 0.3 is 0 Å². The molecular weight excluding hydrogens is 326 g/mol. The first-order chi connectivity index (χ1) is 11.7. The highest BCUT2D eigenvalue weighted by Crippen LogP contribution is 2.30.